The van der Waals surface area contributed by atoms with Gasteiger partial charge in [-0.15, -0.1) is 0 Å². The molecule has 0 unspecified atom stereocenters. The van der Waals surface area contributed by atoms with Gasteiger partial charge in [-0.2, -0.15) is 5.26 Å². The summed E-state index contributed by atoms with van der Waals surface area (Å²) in [4.78, 5) is 4.58. The summed E-state index contributed by atoms with van der Waals surface area (Å²) in [5, 5.41) is 10.8. The summed E-state index contributed by atoms with van der Waals surface area (Å²) in [6.07, 6.45) is 8.42. The molecule has 0 bridgehead atoms. The van der Waals surface area contributed by atoms with Crippen LogP contribution in [0.4, 0.5) is 0 Å². The van der Waals surface area contributed by atoms with Gasteiger partial charge >= 0.3 is 0 Å². The summed E-state index contributed by atoms with van der Waals surface area (Å²) in [5.74, 6) is 0. The molecule has 1 fully saturated rings. The first kappa shape index (κ1) is 27.1. The van der Waals surface area contributed by atoms with E-state index in [1.807, 2.05) is 42.5 Å². The van der Waals surface area contributed by atoms with E-state index in [4.69, 9.17) is 28.0 Å². The van der Waals surface area contributed by atoms with E-state index in [0.29, 0.717) is 17.6 Å². The molecule has 6 heteroatoms. The van der Waals surface area contributed by atoms with Crippen molar-refractivity contribution in [2.75, 3.05) is 0 Å². The predicted octanol–water partition coefficient (Wildman–Crippen LogP) is 8.08. The standard InChI is InChI=1S/C36H31B3N2O/c1-34(2)16-17-36(38,39)31-27(34)19-23(20-28(31)35(37)14-5-3-6-15-35)30-22(21-40)12-13-25-24-9-8-10-26(32(24)42-33(25)30)29-11-4-7-18-41-29/h4,7-13,18-20H,3,5-6,14-17H2,1-2H3. The molecule has 3 aromatic carbocycles. The van der Waals surface area contributed by atoms with Crippen molar-refractivity contribution >= 4 is 45.5 Å². The average molecular weight is 540 g/mol. The number of nitriles is 1. The Balaban J connectivity index is 1.57. The minimum absolute atomic E-state index is 0.159. The van der Waals surface area contributed by atoms with Gasteiger partial charge in [-0.1, -0.05) is 93.5 Å². The van der Waals surface area contributed by atoms with Crippen LogP contribution >= 0.6 is 0 Å². The van der Waals surface area contributed by atoms with E-state index in [-0.39, 0.29) is 5.41 Å². The fourth-order valence-electron chi connectivity index (χ4n) is 7.41. The number of hydrogen-bond acceptors (Lipinski definition) is 3. The lowest BCUT2D eigenvalue weighted by atomic mass is 9.41. The second-order valence-corrected chi connectivity index (χ2v) is 13.1. The van der Waals surface area contributed by atoms with E-state index < -0.39 is 10.5 Å². The zero-order valence-electron chi connectivity index (χ0n) is 24.3. The molecule has 1 saturated carbocycles. The molecule has 0 N–H and O–H groups in total. The second kappa shape index (κ2) is 9.67. The molecule has 2 aliphatic carbocycles. The van der Waals surface area contributed by atoms with Crippen molar-refractivity contribution in [3.63, 3.8) is 0 Å². The van der Waals surface area contributed by atoms with Crippen LogP contribution in [-0.4, -0.2) is 28.5 Å². The molecular formula is C36H31B3N2O. The molecule has 7 rings (SSSR count). The summed E-state index contributed by atoms with van der Waals surface area (Å²) in [6, 6.07) is 22.7. The molecule has 0 saturated heterocycles. The van der Waals surface area contributed by atoms with Gasteiger partial charge in [0.1, 0.15) is 11.2 Å². The van der Waals surface area contributed by atoms with Gasteiger partial charge in [0.05, 0.1) is 40.9 Å². The number of fused-ring (bicyclic) bond motifs is 4. The number of furan rings is 1. The Morgan fingerprint density at radius 1 is 0.810 bits per heavy atom. The minimum atomic E-state index is -0.969. The van der Waals surface area contributed by atoms with Gasteiger partial charge in [-0.3, -0.25) is 4.98 Å². The molecule has 200 valence electrons. The molecule has 6 radical (unpaired) electrons. The van der Waals surface area contributed by atoms with Crippen molar-refractivity contribution in [2.24, 2.45) is 0 Å². The summed E-state index contributed by atoms with van der Waals surface area (Å²) in [7, 11) is 21.0. The number of nitrogens with zero attached hydrogens (tertiary/aromatic N) is 2. The number of hydrogen-bond donors (Lipinski definition) is 0. The van der Waals surface area contributed by atoms with Gasteiger partial charge in [0.25, 0.3) is 0 Å². The molecule has 0 amide bonds. The maximum atomic E-state index is 10.4. The van der Waals surface area contributed by atoms with Crippen molar-refractivity contribution in [2.45, 2.75) is 74.7 Å². The summed E-state index contributed by atoms with van der Waals surface area (Å²) >= 11 is 0. The lowest BCUT2D eigenvalue weighted by molar-refractivity contribution is 0.378. The Hall–Kier alpha value is -3.71. The summed E-state index contributed by atoms with van der Waals surface area (Å²) in [6.45, 7) is 4.51. The van der Waals surface area contributed by atoms with Crippen LogP contribution in [0.15, 0.2) is 71.3 Å². The second-order valence-electron chi connectivity index (χ2n) is 13.1. The largest absolute Gasteiger partial charge is 0.455 e. The zero-order chi connectivity index (χ0) is 29.3. The van der Waals surface area contributed by atoms with Gasteiger partial charge in [-0.05, 0) is 64.2 Å². The third-order valence-corrected chi connectivity index (χ3v) is 9.80. The first-order chi connectivity index (χ1) is 20.1. The Labute approximate surface area is 252 Å². The van der Waals surface area contributed by atoms with Crippen LogP contribution in [0.25, 0.3) is 44.3 Å². The molecule has 3 nitrogen and oxygen atoms in total. The molecular weight excluding hydrogens is 509 g/mol. The van der Waals surface area contributed by atoms with Crippen LogP contribution in [-0.2, 0) is 15.9 Å². The van der Waals surface area contributed by atoms with Crippen molar-refractivity contribution in [1.82, 2.24) is 4.98 Å². The van der Waals surface area contributed by atoms with Crippen molar-refractivity contribution in [3.05, 3.63) is 89.1 Å². The van der Waals surface area contributed by atoms with Crippen LogP contribution in [0.5, 0.6) is 0 Å². The smallest absolute Gasteiger partial charge is 0.144 e. The fraction of sp³-hybridized carbons (Fsp3) is 0.333. The van der Waals surface area contributed by atoms with E-state index in [2.05, 4.69) is 43.1 Å². The maximum Gasteiger partial charge on any atom is 0.144 e. The van der Waals surface area contributed by atoms with Crippen molar-refractivity contribution in [3.8, 4) is 28.5 Å². The Kier molecular flexibility index (Phi) is 6.25. The highest BCUT2D eigenvalue weighted by atomic mass is 16.3. The quantitative estimate of drug-likeness (QED) is 0.218. The first-order valence-corrected chi connectivity index (χ1v) is 15.0. The zero-order valence-corrected chi connectivity index (χ0v) is 24.3. The topological polar surface area (TPSA) is 49.8 Å². The van der Waals surface area contributed by atoms with Crippen molar-refractivity contribution in [1.29, 1.82) is 5.26 Å². The van der Waals surface area contributed by atoms with Crippen LogP contribution < -0.4 is 0 Å². The fourth-order valence-corrected chi connectivity index (χ4v) is 7.41. The number of aromatic nitrogens is 1. The third kappa shape index (κ3) is 4.16. The number of rotatable bonds is 3. The van der Waals surface area contributed by atoms with E-state index in [9.17, 15) is 5.26 Å². The Bertz CT molecular complexity index is 1890. The van der Waals surface area contributed by atoms with Crippen LogP contribution in [0, 0.1) is 11.3 Å². The molecule has 2 aliphatic rings. The van der Waals surface area contributed by atoms with E-state index >= 15 is 0 Å². The van der Waals surface area contributed by atoms with Crippen LogP contribution in [0.3, 0.4) is 0 Å². The highest BCUT2D eigenvalue weighted by Crippen LogP contribution is 2.52. The van der Waals surface area contributed by atoms with Crippen LogP contribution in [0.2, 0.25) is 0 Å². The first-order valence-electron chi connectivity index (χ1n) is 15.0. The Morgan fingerprint density at radius 3 is 2.31 bits per heavy atom. The van der Waals surface area contributed by atoms with Gasteiger partial charge in [0.2, 0.25) is 0 Å². The lowest BCUT2D eigenvalue weighted by Gasteiger charge is -2.48. The van der Waals surface area contributed by atoms with Crippen molar-refractivity contribution < 1.29 is 4.42 Å². The molecule has 42 heavy (non-hydrogen) atoms. The lowest BCUT2D eigenvalue weighted by Crippen LogP contribution is -2.43. The maximum absolute atomic E-state index is 10.4. The predicted molar refractivity (Wildman–Crippen MR) is 173 cm³/mol. The van der Waals surface area contributed by atoms with Gasteiger partial charge < -0.3 is 4.42 Å². The molecule has 0 spiro atoms. The van der Waals surface area contributed by atoms with Gasteiger partial charge in [-0.25, -0.2) is 0 Å². The molecule has 5 aromatic rings. The summed E-state index contributed by atoms with van der Waals surface area (Å²) < 4.78 is 6.74. The summed E-state index contributed by atoms with van der Waals surface area (Å²) in [5.41, 5.74) is 8.43. The van der Waals surface area contributed by atoms with E-state index in [1.54, 1.807) is 6.20 Å². The molecule has 0 aliphatic heterocycles. The molecule has 2 heterocycles. The number of para-hydroxylation sites is 1. The van der Waals surface area contributed by atoms with E-state index in [1.165, 1.54) is 6.42 Å². The highest BCUT2D eigenvalue weighted by molar-refractivity contribution is 6.40. The molecule has 0 atom stereocenters. The Morgan fingerprint density at radius 2 is 1.57 bits per heavy atom. The minimum Gasteiger partial charge on any atom is -0.455 e. The van der Waals surface area contributed by atoms with Crippen LogP contribution in [0.1, 0.15) is 81.0 Å². The monoisotopic (exact) mass is 540 g/mol. The normalized spacial score (nSPS) is 18.9. The number of pyridine rings is 1. The third-order valence-electron chi connectivity index (χ3n) is 9.80. The van der Waals surface area contributed by atoms with Gasteiger partial charge in [0, 0.05) is 28.1 Å². The van der Waals surface area contributed by atoms with E-state index in [0.717, 1.165) is 87.5 Å². The van der Waals surface area contributed by atoms with Gasteiger partial charge in [0.15, 0.2) is 0 Å². The molecule has 2 aromatic heterocycles. The average Bonchev–Trinajstić information content (AvgIpc) is 3.38. The SMILES string of the molecule is [B]C1([B])CCC(C)(C)c2cc(-c3c(C#N)ccc4c3oc3c(-c5ccccn5)cccc34)cc(C3([B])CCCCC3)c21. The highest BCUT2D eigenvalue weighted by Gasteiger charge is 2.42. The number of benzene rings is 3.